The van der Waals surface area contributed by atoms with E-state index in [-0.39, 0.29) is 0 Å². The molecule has 0 heterocycles. The SMILES string of the molecule is CCCNC(C)c1cc(Br)ccc1OC1CCCC1. The van der Waals surface area contributed by atoms with Gasteiger partial charge in [0.25, 0.3) is 0 Å². The van der Waals surface area contributed by atoms with E-state index in [1.807, 2.05) is 0 Å². The second-order valence-corrected chi connectivity index (χ2v) is 6.30. The van der Waals surface area contributed by atoms with Crippen LogP contribution in [0.4, 0.5) is 0 Å². The van der Waals surface area contributed by atoms with E-state index in [0.29, 0.717) is 12.1 Å². The Morgan fingerprint density at radius 1 is 1.37 bits per heavy atom. The van der Waals surface area contributed by atoms with Gasteiger partial charge in [-0.15, -0.1) is 0 Å². The number of halogens is 1. The van der Waals surface area contributed by atoms with Crippen LogP contribution in [0, 0.1) is 0 Å². The van der Waals surface area contributed by atoms with E-state index >= 15 is 0 Å². The van der Waals surface area contributed by atoms with Gasteiger partial charge in [0.2, 0.25) is 0 Å². The quantitative estimate of drug-likeness (QED) is 0.808. The summed E-state index contributed by atoms with van der Waals surface area (Å²) >= 11 is 3.56. The Morgan fingerprint density at radius 3 is 2.79 bits per heavy atom. The third kappa shape index (κ3) is 4.22. The van der Waals surface area contributed by atoms with E-state index in [1.54, 1.807) is 0 Å². The molecule has 2 rings (SSSR count). The van der Waals surface area contributed by atoms with Crippen LogP contribution < -0.4 is 10.1 Å². The smallest absolute Gasteiger partial charge is 0.124 e. The highest BCUT2D eigenvalue weighted by Gasteiger charge is 2.19. The molecule has 0 radical (unpaired) electrons. The monoisotopic (exact) mass is 325 g/mol. The zero-order valence-electron chi connectivity index (χ0n) is 11.9. The Kier molecular flexibility index (Phi) is 5.71. The van der Waals surface area contributed by atoms with Gasteiger partial charge in [0, 0.05) is 16.1 Å². The van der Waals surface area contributed by atoms with Crippen molar-refractivity contribution in [3.63, 3.8) is 0 Å². The molecule has 0 aliphatic heterocycles. The van der Waals surface area contributed by atoms with Crippen molar-refractivity contribution in [3.8, 4) is 5.75 Å². The highest BCUT2D eigenvalue weighted by Crippen LogP contribution is 2.32. The van der Waals surface area contributed by atoms with Crippen molar-refractivity contribution in [2.24, 2.45) is 0 Å². The minimum absolute atomic E-state index is 0.328. The van der Waals surface area contributed by atoms with Gasteiger partial charge in [0.15, 0.2) is 0 Å². The van der Waals surface area contributed by atoms with E-state index in [0.717, 1.165) is 23.2 Å². The summed E-state index contributed by atoms with van der Waals surface area (Å²) in [6.07, 6.45) is 6.58. The van der Waals surface area contributed by atoms with Gasteiger partial charge in [-0.25, -0.2) is 0 Å². The first-order valence-electron chi connectivity index (χ1n) is 7.40. The van der Waals surface area contributed by atoms with E-state index in [9.17, 15) is 0 Å². The van der Waals surface area contributed by atoms with Gasteiger partial charge < -0.3 is 10.1 Å². The van der Waals surface area contributed by atoms with E-state index in [1.165, 1.54) is 31.2 Å². The third-order valence-corrected chi connectivity index (χ3v) is 4.23. The summed E-state index contributed by atoms with van der Waals surface area (Å²) in [5.74, 6) is 1.05. The normalized spacial score (nSPS) is 17.6. The molecule has 0 spiro atoms. The van der Waals surface area contributed by atoms with Crippen LogP contribution in [-0.2, 0) is 0 Å². The molecular weight excluding hydrogens is 302 g/mol. The molecule has 1 atom stereocenters. The van der Waals surface area contributed by atoms with Crippen molar-refractivity contribution in [3.05, 3.63) is 28.2 Å². The Balaban J connectivity index is 2.11. The lowest BCUT2D eigenvalue weighted by Gasteiger charge is -2.21. The predicted octanol–water partition coefficient (Wildman–Crippen LogP) is 4.83. The first-order valence-corrected chi connectivity index (χ1v) is 8.19. The fourth-order valence-corrected chi connectivity index (χ4v) is 3.00. The summed E-state index contributed by atoms with van der Waals surface area (Å²) in [7, 11) is 0. The molecule has 1 unspecified atom stereocenters. The van der Waals surface area contributed by atoms with Gasteiger partial charge in [-0.1, -0.05) is 22.9 Å². The van der Waals surface area contributed by atoms with E-state index < -0.39 is 0 Å². The zero-order valence-corrected chi connectivity index (χ0v) is 13.5. The predicted molar refractivity (Wildman–Crippen MR) is 83.7 cm³/mol. The van der Waals surface area contributed by atoms with Crippen LogP contribution in [0.15, 0.2) is 22.7 Å². The third-order valence-electron chi connectivity index (χ3n) is 3.73. The molecule has 2 nitrogen and oxygen atoms in total. The summed E-state index contributed by atoms with van der Waals surface area (Å²) in [6, 6.07) is 6.67. The first kappa shape index (κ1) is 14.9. The summed E-state index contributed by atoms with van der Waals surface area (Å²) < 4.78 is 7.32. The Labute approximate surface area is 125 Å². The molecule has 0 aromatic heterocycles. The van der Waals surface area contributed by atoms with Gasteiger partial charge in [-0.3, -0.25) is 0 Å². The van der Waals surface area contributed by atoms with Crippen molar-refractivity contribution in [1.82, 2.24) is 5.32 Å². The number of benzene rings is 1. The standard InChI is InChI=1S/C16H24BrNO/c1-3-10-18-12(2)15-11-13(17)8-9-16(15)19-14-6-4-5-7-14/h8-9,11-12,14,18H,3-7,10H2,1-2H3. The lowest BCUT2D eigenvalue weighted by molar-refractivity contribution is 0.206. The topological polar surface area (TPSA) is 21.3 Å². The molecule has 1 aromatic carbocycles. The summed E-state index contributed by atoms with van der Waals surface area (Å²) in [6.45, 7) is 5.44. The number of ether oxygens (including phenoxy) is 1. The van der Waals surface area contributed by atoms with Gasteiger partial charge in [0.1, 0.15) is 5.75 Å². The largest absolute Gasteiger partial charge is 0.490 e. The van der Waals surface area contributed by atoms with Gasteiger partial charge in [-0.05, 0) is 63.8 Å². The minimum atomic E-state index is 0.328. The molecule has 0 saturated heterocycles. The number of rotatable bonds is 6. The molecule has 1 aliphatic carbocycles. The van der Waals surface area contributed by atoms with Gasteiger partial charge in [-0.2, -0.15) is 0 Å². The van der Waals surface area contributed by atoms with Crippen molar-refractivity contribution >= 4 is 15.9 Å². The average Bonchev–Trinajstić information content (AvgIpc) is 2.91. The lowest BCUT2D eigenvalue weighted by Crippen LogP contribution is -2.21. The lowest BCUT2D eigenvalue weighted by atomic mass is 10.1. The maximum atomic E-state index is 6.20. The van der Waals surface area contributed by atoms with Crippen LogP contribution in [0.5, 0.6) is 5.75 Å². The molecule has 1 N–H and O–H groups in total. The zero-order chi connectivity index (χ0) is 13.7. The highest BCUT2D eigenvalue weighted by atomic mass is 79.9. The molecular formula is C16H24BrNO. The van der Waals surface area contributed by atoms with Crippen LogP contribution >= 0.6 is 15.9 Å². The summed E-state index contributed by atoms with van der Waals surface area (Å²) in [5, 5.41) is 3.54. The highest BCUT2D eigenvalue weighted by molar-refractivity contribution is 9.10. The molecule has 1 saturated carbocycles. The second kappa shape index (κ2) is 7.30. The van der Waals surface area contributed by atoms with Gasteiger partial charge in [0.05, 0.1) is 6.10 Å². The number of hydrogen-bond acceptors (Lipinski definition) is 2. The molecule has 1 fully saturated rings. The maximum absolute atomic E-state index is 6.20. The fourth-order valence-electron chi connectivity index (χ4n) is 2.62. The number of nitrogens with one attached hydrogen (secondary N) is 1. The Bertz CT molecular complexity index is 402. The summed E-state index contributed by atoms with van der Waals surface area (Å²) in [5.41, 5.74) is 1.26. The number of hydrogen-bond donors (Lipinski definition) is 1. The maximum Gasteiger partial charge on any atom is 0.124 e. The molecule has 3 heteroatoms. The van der Waals surface area contributed by atoms with Crippen LogP contribution in [0.25, 0.3) is 0 Å². The van der Waals surface area contributed by atoms with Crippen molar-refractivity contribution in [2.45, 2.75) is 58.1 Å². The van der Waals surface area contributed by atoms with Crippen molar-refractivity contribution in [1.29, 1.82) is 0 Å². The first-order chi connectivity index (χ1) is 9.20. The molecule has 1 aromatic rings. The van der Waals surface area contributed by atoms with Crippen LogP contribution in [0.1, 0.15) is 57.6 Å². The van der Waals surface area contributed by atoms with E-state index in [2.05, 4.69) is 53.3 Å². The summed E-state index contributed by atoms with van der Waals surface area (Å²) in [4.78, 5) is 0. The van der Waals surface area contributed by atoms with Crippen LogP contribution in [0.3, 0.4) is 0 Å². The fraction of sp³-hybridized carbons (Fsp3) is 0.625. The molecule has 106 valence electrons. The van der Waals surface area contributed by atoms with Crippen LogP contribution in [0.2, 0.25) is 0 Å². The van der Waals surface area contributed by atoms with E-state index in [4.69, 9.17) is 4.74 Å². The van der Waals surface area contributed by atoms with Gasteiger partial charge >= 0.3 is 0 Å². The molecule has 19 heavy (non-hydrogen) atoms. The average molecular weight is 326 g/mol. The second-order valence-electron chi connectivity index (χ2n) is 5.38. The molecule has 0 bridgehead atoms. The molecule has 0 amide bonds. The van der Waals surface area contributed by atoms with Crippen molar-refractivity contribution < 1.29 is 4.74 Å². The Morgan fingerprint density at radius 2 is 2.11 bits per heavy atom. The van der Waals surface area contributed by atoms with Crippen LogP contribution in [-0.4, -0.2) is 12.6 Å². The minimum Gasteiger partial charge on any atom is -0.490 e. The van der Waals surface area contributed by atoms with Crippen molar-refractivity contribution in [2.75, 3.05) is 6.54 Å². The molecule has 1 aliphatic rings. The Hall–Kier alpha value is -0.540.